The van der Waals surface area contributed by atoms with Crippen LogP contribution in [0.1, 0.15) is 24.6 Å². The molecule has 4 heterocycles. The summed E-state index contributed by atoms with van der Waals surface area (Å²) in [5, 5.41) is 10.9. The molecule has 0 aromatic carbocycles. The fourth-order valence-electron chi connectivity index (χ4n) is 3.16. The molecule has 2 aliphatic heterocycles. The monoisotopic (exact) mass is 400 g/mol. The molecule has 2 N–H and O–H groups in total. The van der Waals surface area contributed by atoms with E-state index in [1.807, 2.05) is 0 Å². The maximum absolute atomic E-state index is 14.4. The van der Waals surface area contributed by atoms with Crippen molar-refractivity contribution in [1.82, 2.24) is 19.7 Å². The summed E-state index contributed by atoms with van der Waals surface area (Å²) < 4.78 is 40.7. The number of aromatic nitrogens is 4. The van der Waals surface area contributed by atoms with Crippen molar-refractivity contribution in [3.05, 3.63) is 16.9 Å². The van der Waals surface area contributed by atoms with Crippen LogP contribution >= 0.6 is 11.6 Å². The molecule has 146 valence electrons. The molecule has 0 unspecified atom stereocenters. The van der Waals surface area contributed by atoms with Crippen molar-refractivity contribution in [2.45, 2.75) is 31.7 Å². The lowest BCUT2D eigenvalue weighted by Gasteiger charge is -2.31. The van der Waals surface area contributed by atoms with E-state index in [1.165, 1.54) is 10.9 Å². The van der Waals surface area contributed by atoms with Gasteiger partial charge in [-0.3, -0.25) is 4.68 Å². The van der Waals surface area contributed by atoms with Crippen LogP contribution in [-0.2, 0) is 4.74 Å². The lowest BCUT2D eigenvalue weighted by Crippen LogP contribution is -2.41. The van der Waals surface area contributed by atoms with Gasteiger partial charge in [0.15, 0.2) is 5.82 Å². The molecular weight excluding hydrogens is 382 g/mol. The molecule has 2 bridgehead atoms. The quantitative estimate of drug-likeness (QED) is 0.760. The van der Waals surface area contributed by atoms with Crippen LogP contribution in [0.25, 0.3) is 0 Å². The normalized spacial score (nSPS) is 21.9. The number of ether oxygens (including phenoxy) is 2. The van der Waals surface area contributed by atoms with Gasteiger partial charge in [0.1, 0.15) is 23.4 Å². The molecule has 0 radical (unpaired) electrons. The predicted octanol–water partition coefficient (Wildman–Crippen LogP) is 3.17. The zero-order valence-electron chi connectivity index (χ0n) is 14.6. The zero-order chi connectivity index (χ0) is 19.0. The highest BCUT2D eigenvalue weighted by atomic mass is 35.5. The van der Waals surface area contributed by atoms with E-state index in [0.29, 0.717) is 41.8 Å². The highest BCUT2D eigenvalue weighted by molar-refractivity contribution is 6.32. The fourth-order valence-corrected chi connectivity index (χ4v) is 3.32. The molecule has 2 aromatic rings. The van der Waals surface area contributed by atoms with E-state index in [1.54, 1.807) is 6.92 Å². The minimum absolute atomic E-state index is 0.167. The Bertz CT molecular complexity index is 847. The lowest BCUT2D eigenvalue weighted by molar-refractivity contribution is -0.150. The van der Waals surface area contributed by atoms with Gasteiger partial charge in [-0.15, -0.1) is 5.10 Å². The molecule has 4 rings (SSSR count). The molecule has 0 amide bonds. The number of nitrogens with zero attached hydrogens (tertiary/aromatic N) is 4. The molecule has 2 aliphatic rings. The van der Waals surface area contributed by atoms with E-state index in [-0.39, 0.29) is 24.9 Å². The summed E-state index contributed by atoms with van der Waals surface area (Å²) in [5.41, 5.74) is 0.983. The van der Waals surface area contributed by atoms with Crippen molar-refractivity contribution in [2.75, 3.05) is 37.0 Å². The van der Waals surface area contributed by atoms with Crippen molar-refractivity contribution in [3.63, 3.8) is 0 Å². The summed E-state index contributed by atoms with van der Waals surface area (Å²) in [5.74, 6) is -1.99. The molecule has 0 aliphatic carbocycles. The van der Waals surface area contributed by atoms with Crippen LogP contribution in [0.4, 0.5) is 26.2 Å². The first-order valence-electron chi connectivity index (χ1n) is 8.66. The second-order valence-corrected chi connectivity index (χ2v) is 6.88. The summed E-state index contributed by atoms with van der Waals surface area (Å²) in [6.45, 7) is 2.30. The van der Waals surface area contributed by atoms with Gasteiger partial charge in [-0.05, 0) is 19.8 Å². The first-order valence-corrected chi connectivity index (χ1v) is 9.04. The molecule has 2 aromatic heterocycles. The third-order valence-corrected chi connectivity index (χ3v) is 4.84. The van der Waals surface area contributed by atoms with E-state index in [2.05, 4.69) is 25.7 Å². The van der Waals surface area contributed by atoms with Gasteiger partial charge in [-0.25, -0.2) is 13.8 Å². The predicted molar refractivity (Wildman–Crippen MR) is 95.3 cm³/mol. The average molecular weight is 401 g/mol. The molecule has 0 spiro atoms. The van der Waals surface area contributed by atoms with Gasteiger partial charge in [-0.1, -0.05) is 11.6 Å². The Morgan fingerprint density at radius 3 is 3.04 bits per heavy atom. The Balaban J connectivity index is 1.74. The van der Waals surface area contributed by atoms with Gasteiger partial charge in [0.2, 0.25) is 5.95 Å². The van der Waals surface area contributed by atoms with Gasteiger partial charge >= 0.3 is 0 Å². The third kappa shape index (κ3) is 3.51. The van der Waals surface area contributed by atoms with E-state index >= 15 is 0 Å². The Morgan fingerprint density at radius 2 is 2.22 bits per heavy atom. The summed E-state index contributed by atoms with van der Waals surface area (Å²) in [4.78, 5) is 8.49. The smallest absolute Gasteiger partial charge is 0.292 e. The average Bonchev–Trinajstić information content (AvgIpc) is 2.91. The number of anilines is 3. The third-order valence-electron chi connectivity index (χ3n) is 4.56. The standard InChI is InChI=1S/C16H19ClF2N6O2/c1-9-12-14(24-25(9)11-3-6-26-8-16(11,18)19)27-5-2-4-20-13-10(17)7-21-15(22-12)23-13/h7,11H,2-6,8H2,1H3,(H2,20,21,22,23)/t11-/m1/s1. The van der Waals surface area contributed by atoms with Crippen molar-refractivity contribution < 1.29 is 18.3 Å². The summed E-state index contributed by atoms with van der Waals surface area (Å²) in [7, 11) is 0. The summed E-state index contributed by atoms with van der Waals surface area (Å²) >= 11 is 6.10. The first kappa shape index (κ1) is 18.2. The molecule has 8 nitrogen and oxygen atoms in total. The van der Waals surface area contributed by atoms with Crippen molar-refractivity contribution >= 4 is 29.1 Å². The highest BCUT2D eigenvalue weighted by Gasteiger charge is 2.45. The minimum atomic E-state index is -3.01. The first-order chi connectivity index (χ1) is 13.0. The van der Waals surface area contributed by atoms with Crippen LogP contribution in [0.2, 0.25) is 5.02 Å². The zero-order valence-corrected chi connectivity index (χ0v) is 15.4. The number of halogens is 3. The Labute approximate surface area is 159 Å². The van der Waals surface area contributed by atoms with E-state index < -0.39 is 18.6 Å². The van der Waals surface area contributed by atoms with Gasteiger partial charge in [-0.2, -0.15) is 4.98 Å². The second kappa shape index (κ2) is 7.08. The topological polar surface area (TPSA) is 86.1 Å². The summed E-state index contributed by atoms with van der Waals surface area (Å²) in [6.07, 6.45) is 2.30. The SMILES string of the molecule is Cc1c2c(nn1[C@@H]1CCOCC1(F)F)OCCCNc1nc(ncc1Cl)N2. The van der Waals surface area contributed by atoms with Crippen LogP contribution in [0.3, 0.4) is 0 Å². The van der Waals surface area contributed by atoms with Crippen molar-refractivity contribution in [3.8, 4) is 5.88 Å². The molecular formula is C16H19ClF2N6O2. The van der Waals surface area contributed by atoms with Crippen LogP contribution in [0.5, 0.6) is 5.88 Å². The Kier molecular flexibility index (Phi) is 4.77. The molecule has 1 atom stereocenters. The number of nitrogens with one attached hydrogen (secondary N) is 2. The van der Waals surface area contributed by atoms with Gasteiger partial charge in [0.25, 0.3) is 11.8 Å². The molecule has 1 saturated heterocycles. The van der Waals surface area contributed by atoms with Crippen molar-refractivity contribution in [2.24, 2.45) is 0 Å². The van der Waals surface area contributed by atoms with E-state index in [4.69, 9.17) is 21.1 Å². The fraction of sp³-hybridized carbons (Fsp3) is 0.562. The molecule has 11 heteroatoms. The number of fused-ring (bicyclic) bond motifs is 3. The maximum Gasteiger partial charge on any atom is 0.292 e. The lowest BCUT2D eigenvalue weighted by atomic mass is 10.1. The van der Waals surface area contributed by atoms with Crippen LogP contribution in [0, 0.1) is 6.92 Å². The van der Waals surface area contributed by atoms with Gasteiger partial charge in [0, 0.05) is 13.2 Å². The maximum atomic E-state index is 14.4. The van der Waals surface area contributed by atoms with Crippen LogP contribution in [0.15, 0.2) is 6.20 Å². The van der Waals surface area contributed by atoms with Crippen LogP contribution < -0.4 is 15.4 Å². The Morgan fingerprint density at radius 1 is 1.37 bits per heavy atom. The number of rotatable bonds is 1. The van der Waals surface area contributed by atoms with Crippen LogP contribution in [-0.4, -0.2) is 52.0 Å². The Hall–Kier alpha value is -2.20. The number of alkyl halides is 2. The van der Waals surface area contributed by atoms with Crippen molar-refractivity contribution in [1.29, 1.82) is 0 Å². The van der Waals surface area contributed by atoms with Gasteiger partial charge in [0.05, 0.1) is 18.5 Å². The van der Waals surface area contributed by atoms with E-state index in [0.717, 1.165) is 0 Å². The molecule has 0 saturated carbocycles. The highest BCUT2D eigenvalue weighted by Crippen LogP contribution is 2.40. The number of hydrogen-bond acceptors (Lipinski definition) is 7. The van der Waals surface area contributed by atoms with E-state index in [9.17, 15) is 8.78 Å². The number of hydrogen-bond donors (Lipinski definition) is 2. The molecule has 27 heavy (non-hydrogen) atoms. The second-order valence-electron chi connectivity index (χ2n) is 6.47. The van der Waals surface area contributed by atoms with Gasteiger partial charge < -0.3 is 20.1 Å². The summed E-state index contributed by atoms with van der Waals surface area (Å²) in [6, 6.07) is -1.10. The largest absolute Gasteiger partial charge is 0.475 e. The minimum Gasteiger partial charge on any atom is -0.475 e. The molecule has 1 fully saturated rings.